The number of amides is 1. The fourth-order valence-corrected chi connectivity index (χ4v) is 5.96. The van der Waals surface area contributed by atoms with E-state index in [0.717, 1.165) is 26.8 Å². The lowest BCUT2D eigenvalue weighted by atomic mass is 10.3. The molecule has 1 heterocycles. The average molecular weight is 485 g/mol. The molecule has 148 valence electrons. The van der Waals surface area contributed by atoms with E-state index < -0.39 is 15.7 Å². The molecule has 0 N–H and O–H groups in total. The number of nitrogens with zero attached hydrogens (tertiary/aromatic N) is 2. The molecular formula is C19H18BrFN2O3S2. The second-order valence-electron chi connectivity index (χ2n) is 6.10. The monoisotopic (exact) mass is 484 g/mol. The Morgan fingerprint density at radius 2 is 1.93 bits per heavy atom. The molecule has 5 nitrogen and oxygen atoms in total. The van der Waals surface area contributed by atoms with E-state index in [1.165, 1.54) is 23.5 Å². The molecule has 28 heavy (non-hydrogen) atoms. The van der Waals surface area contributed by atoms with Gasteiger partial charge in [-0.1, -0.05) is 17.4 Å². The predicted molar refractivity (Wildman–Crippen MR) is 111 cm³/mol. The highest BCUT2D eigenvalue weighted by Crippen LogP contribution is 2.25. The molecule has 2 aromatic carbocycles. The summed E-state index contributed by atoms with van der Waals surface area (Å²) in [6.45, 7) is 2.64. The third-order valence-corrected chi connectivity index (χ3v) is 7.66. The zero-order chi connectivity index (χ0) is 20.3. The van der Waals surface area contributed by atoms with Crippen molar-refractivity contribution in [3.8, 4) is 0 Å². The molecule has 0 unspecified atom stereocenters. The molecule has 9 heteroatoms. The van der Waals surface area contributed by atoms with E-state index >= 15 is 0 Å². The third-order valence-electron chi connectivity index (χ3n) is 4.16. The third kappa shape index (κ3) is 4.59. The predicted octanol–water partition coefficient (Wildman–Crippen LogP) is 4.31. The molecule has 0 fully saturated rings. The van der Waals surface area contributed by atoms with Gasteiger partial charge in [-0.2, -0.15) is 4.99 Å². The van der Waals surface area contributed by atoms with Crippen LogP contribution in [0.2, 0.25) is 0 Å². The van der Waals surface area contributed by atoms with Crippen molar-refractivity contribution in [3.05, 3.63) is 57.6 Å². The molecule has 3 rings (SSSR count). The lowest BCUT2D eigenvalue weighted by molar-refractivity contribution is -0.118. The maximum absolute atomic E-state index is 12.9. The number of carbonyl (C=O) groups is 1. The number of carbonyl (C=O) groups excluding carboxylic acids is 1. The van der Waals surface area contributed by atoms with Crippen LogP contribution < -0.4 is 4.80 Å². The van der Waals surface area contributed by atoms with E-state index in [1.54, 1.807) is 0 Å². The zero-order valence-electron chi connectivity index (χ0n) is 15.1. The number of aryl methyl sites for hydroxylation is 1. The number of halogens is 2. The Balaban J connectivity index is 1.73. The zero-order valence-corrected chi connectivity index (χ0v) is 18.3. The molecular weight excluding hydrogens is 467 g/mol. The van der Waals surface area contributed by atoms with E-state index in [4.69, 9.17) is 0 Å². The average Bonchev–Trinajstić information content (AvgIpc) is 3.00. The second-order valence-corrected chi connectivity index (χ2v) is 10.1. The number of sulfone groups is 1. The smallest absolute Gasteiger partial charge is 0.248 e. The van der Waals surface area contributed by atoms with E-state index in [2.05, 4.69) is 20.9 Å². The number of para-hydroxylation sites is 1. The highest BCUT2D eigenvalue weighted by atomic mass is 79.9. The summed E-state index contributed by atoms with van der Waals surface area (Å²) in [7, 11) is -3.55. The molecule has 0 aliphatic heterocycles. The Morgan fingerprint density at radius 1 is 1.21 bits per heavy atom. The summed E-state index contributed by atoms with van der Waals surface area (Å²) in [6, 6.07) is 10.5. The summed E-state index contributed by atoms with van der Waals surface area (Å²) in [6.07, 6.45) is 0.183. The summed E-state index contributed by atoms with van der Waals surface area (Å²) in [4.78, 5) is 17.1. The minimum atomic E-state index is -3.55. The molecule has 1 amide bonds. The normalized spacial score (nSPS) is 12.6. The Morgan fingerprint density at radius 3 is 2.61 bits per heavy atom. The van der Waals surface area contributed by atoms with Gasteiger partial charge in [-0.25, -0.2) is 12.8 Å². The molecule has 3 aromatic rings. The summed E-state index contributed by atoms with van der Waals surface area (Å²) < 4.78 is 41.4. The quantitative estimate of drug-likeness (QED) is 0.489. The maximum Gasteiger partial charge on any atom is 0.248 e. The van der Waals surface area contributed by atoms with Gasteiger partial charge in [-0.3, -0.25) is 4.79 Å². The van der Waals surface area contributed by atoms with Crippen molar-refractivity contribution in [1.82, 2.24) is 4.57 Å². The highest BCUT2D eigenvalue weighted by molar-refractivity contribution is 9.10. The van der Waals surface area contributed by atoms with Crippen LogP contribution in [0.25, 0.3) is 10.2 Å². The first-order chi connectivity index (χ1) is 13.3. The van der Waals surface area contributed by atoms with E-state index in [-0.39, 0.29) is 29.4 Å². The van der Waals surface area contributed by atoms with Crippen LogP contribution in [0.4, 0.5) is 4.39 Å². The summed E-state index contributed by atoms with van der Waals surface area (Å²) in [5.41, 5.74) is 0.987. The number of hydrogen-bond donors (Lipinski definition) is 0. The fourth-order valence-electron chi connectivity index (χ4n) is 2.80. The Labute approximate surface area is 174 Å². The first kappa shape index (κ1) is 20.9. The first-order valence-electron chi connectivity index (χ1n) is 8.65. The minimum absolute atomic E-state index is 0.0273. The van der Waals surface area contributed by atoms with Gasteiger partial charge >= 0.3 is 0 Å². The Hall–Kier alpha value is -1.84. The van der Waals surface area contributed by atoms with Crippen molar-refractivity contribution < 1.29 is 17.6 Å². The maximum atomic E-state index is 12.9. The van der Waals surface area contributed by atoms with Gasteiger partial charge in [0.2, 0.25) is 5.91 Å². The molecule has 0 saturated carbocycles. The van der Waals surface area contributed by atoms with Crippen LogP contribution in [-0.2, 0) is 21.2 Å². The van der Waals surface area contributed by atoms with Crippen molar-refractivity contribution in [2.24, 2.45) is 4.99 Å². The molecule has 0 aliphatic carbocycles. The number of hydrogen-bond acceptors (Lipinski definition) is 4. The summed E-state index contributed by atoms with van der Waals surface area (Å²) >= 11 is 4.95. The fraction of sp³-hybridized carbons (Fsp3) is 0.263. The topological polar surface area (TPSA) is 68.5 Å². The number of thiazole rings is 1. The summed E-state index contributed by atoms with van der Waals surface area (Å²) in [5.74, 6) is -1.04. The number of rotatable bonds is 6. The largest absolute Gasteiger partial charge is 0.316 e. The molecule has 1 aromatic heterocycles. The summed E-state index contributed by atoms with van der Waals surface area (Å²) in [5, 5.41) is 0. The van der Waals surface area contributed by atoms with Crippen LogP contribution >= 0.6 is 27.3 Å². The van der Waals surface area contributed by atoms with Crippen molar-refractivity contribution in [1.29, 1.82) is 0 Å². The van der Waals surface area contributed by atoms with Crippen molar-refractivity contribution in [2.75, 3.05) is 5.75 Å². The van der Waals surface area contributed by atoms with Crippen molar-refractivity contribution in [3.63, 3.8) is 0 Å². The molecule has 0 atom stereocenters. The van der Waals surface area contributed by atoms with Crippen molar-refractivity contribution in [2.45, 2.75) is 31.2 Å². The van der Waals surface area contributed by atoms with Crippen LogP contribution in [0.3, 0.4) is 0 Å². The van der Waals surface area contributed by atoms with Crippen LogP contribution in [0.15, 0.2) is 56.8 Å². The molecule has 0 saturated heterocycles. The first-order valence-corrected chi connectivity index (χ1v) is 11.9. The van der Waals surface area contributed by atoms with Gasteiger partial charge in [-0.15, -0.1) is 0 Å². The SMILES string of the molecule is CCn1c(=NC(=O)CCCS(=O)(=O)c2ccc(F)cc2)sc2cccc(Br)c21. The Bertz CT molecular complexity index is 1180. The van der Waals surface area contributed by atoms with Gasteiger partial charge in [0.25, 0.3) is 0 Å². The van der Waals surface area contributed by atoms with Gasteiger partial charge < -0.3 is 4.57 Å². The number of aromatic nitrogens is 1. The van der Waals surface area contributed by atoms with Crippen LogP contribution in [0.5, 0.6) is 0 Å². The van der Waals surface area contributed by atoms with E-state index in [0.29, 0.717) is 11.3 Å². The van der Waals surface area contributed by atoms with E-state index in [1.807, 2.05) is 29.7 Å². The van der Waals surface area contributed by atoms with Gasteiger partial charge in [-0.05, 0) is 65.7 Å². The molecule has 0 spiro atoms. The van der Waals surface area contributed by atoms with Gasteiger partial charge in [0.05, 0.1) is 20.9 Å². The number of fused-ring (bicyclic) bond motifs is 1. The molecule has 0 radical (unpaired) electrons. The standard InChI is InChI=1S/C19H18BrFN2O3S2/c1-2-23-18-15(20)5-3-6-16(18)27-19(23)22-17(24)7-4-12-28(25,26)14-10-8-13(21)9-11-14/h3,5-6,8-11H,2,4,7,12H2,1H3. The van der Waals surface area contributed by atoms with Crippen LogP contribution in [-0.4, -0.2) is 24.6 Å². The van der Waals surface area contributed by atoms with Crippen molar-refractivity contribution >= 4 is 53.2 Å². The molecule has 0 aliphatic rings. The number of benzene rings is 2. The van der Waals surface area contributed by atoms with Gasteiger partial charge in [0.15, 0.2) is 14.6 Å². The lowest BCUT2D eigenvalue weighted by Gasteiger charge is -2.04. The minimum Gasteiger partial charge on any atom is -0.316 e. The van der Waals surface area contributed by atoms with Crippen LogP contribution in [0.1, 0.15) is 19.8 Å². The highest BCUT2D eigenvalue weighted by Gasteiger charge is 2.15. The van der Waals surface area contributed by atoms with Gasteiger partial charge in [0, 0.05) is 17.4 Å². The lowest BCUT2D eigenvalue weighted by Crippen LogP contribution is -2.16. The second kappa shape index (κ2) is 8.67. The van der Waals surface area contributed by atoms with Crippen LogP contribution in [0, 0.1) is 5.82 Å². The Kier molecular flexibility index (Phi) is 6.47. The van der Waals surface area contributed by atoms with E-state index in [9.17, 15) is 17.6 Å². The van der Waals surface area contributed by atoms with Gasteiger partial charge in [0.1, 0.15) is 5.82 Å². The molecule has 0 bridgehead atoms.